The number of thiophene rings is 1. The van der Waals surface area contributed by atoms with Crippen LogP contribution in [-0.2, 0) is 11.3 Å². The SMILES string of the molecule is CN=C(NCC(=O)NCc1ccccc1)NCC1CCCN(C)C1c1cccs1.I. The lowest BCUT2D eigenvalue weighted by Gasteiger charge is -2.39. The number of carbonyl (C=O) groups excluding carboxylic acids is 1. The third-order valence-corrected chi connectivity index (χ3v) is 6.29. The van der Waals surface area contributed by atoms with Crippen LogP contribution in [0.5, 0.6) is 0 Å². The summed E-state index contributed by atoms with van der Waals surface area (Å²) >= 11 is 1.83. The predicted molar refractivity (Wildman–Crippen MR) is 135 cm³/mol. The Morgan fingerprint density at radius 2 is 1.97 bits per heavy atom. The summed E-state index contributed by atoms with van der Waals surface area (Å²) in [6, 6.07) is 14.7. The van der Waals surface area contributed by atoms with Gasteiger partial charge in [0.2, 0.25) is 5.91 Å². The van der Waals surface area contributed by atoms with E-state index in [-0.39, 0.29) is 36.4 Å². The zero-order valence-corrected chi connectivity index (χ0v) is 20.8. The zero-order chi connectivity index (χ0) is 20.5. The lowest BCUT2D eigenvalue weighted by Crippen LogP contribution is -2.47. The summed E-state index contributed by atoms with van der Waals surface area (Å²) in [5, 5.41) is 11.6. The van der Waals surface area contributed by atoms with Crippen LogP contribution in [0.25, 0.3) is 0 Å². The van der Waals surface area contributed by atoms with Crippen LogP contribution in [0.15, 0.2) is 52.8 Å². The third-order valence-electron chi connectivity index (χ3n) is 5.35. The molecule has 3 N–H and O–H groups in total. The minimum Gasteiger partial charge on any atom is -0.356 e. The predicted octanol–water partition coefficient (Wildman–Crippen LogP) is 3.23. The van der Waals surface area contributed by atoms with Gasteiger partial charge in [0.15, 0.2) is 5.96 Å². The topological polar surface area (TPSA) is 68.8 Å². The van der Waals surface area contributed by atoms with E-state index in [0.29, 0.717) is 24.5 Å². The number of piperidine rings is 1. The second-order valence-corrected chi connectivity index (χ2v) is 8.39. The van der Waals surface area contributed by atoms with Crippen molar-refractivity contribution in [3.8, 4) is 0 Å². The van der Waals surface area contributed by atoms with Crippen LogP contribution >= 0.6 is 35.3 Å². The molecule has 3 rings (SSSR count). The highest BCUT2D eigenvalue weighted by molar-refractivity contribution is 14.0. The summed E-state index contributed by atoms with van der Waals surface area (Å²) in [4.78, 5) is 20.3. The maximum absolute atomic E-state index is 12.1. The molecule has 0 spiro atoms. The minimum absolute atomic E-state index is 0. The van der Waals surface area contributed by atoms with Crippen molar-refractivity contribution >= 4 is 47.2 Å². The number of carbonyl (C=O) groups is 1. The Bertz CT molecular complexity index is 784. The Morgan fingerprint density at radius 1 is 1.17 bits per heavy atom. The van der Waals surface area contributed by atoms with Crippen LogP contribution in [-0.4, -0.2) is 50.5 Å². The quantitative estimate of drug-likeness (QED) is 0.286. The van der Waals surface area contributed by atoms with Gasteiger partial charge in [0.1, 0.15) is 0 Å². The molecule has 0 aliphatic carbocycles. The van der Waals surface area contributed by atoms with Gasteiger partial charge >= 0.3 is 0 Å². The van der Waals surface area contributed by atoms with E-state index in [4.69, 9.17) is 0 Å². The molecule has 1 aromatic heterocycles. The molecule has 0 bridgehead atoms. The average molecular weight is 542 g/mol. The Hall–Kier alpha value is -1.65. The standard InChI is InChI=1S/C22H31N5OS.HI/c1-23-22(26-16-20(28)24-14-17-8-4-3-5-9-17)25-15-18-10-6-12-27(2)21(18)19-11-7-13-29-19;/h3-5,7-9,11,13,18,21H,6,10,12,14-16H2,1-2H3,(H,24,28)(H2,23,25,26);1H. The Labute approximate surface area is 200 Å². The minimum atomic E-state index is -0.0503. The molecule has 1 aliphatic rings. The molecule has 2 heterocycles. The number of nitrogens with one attached hydrogen (secondary N) is 3. The number of amides is 1. The van der Waals surface area contributed by atoms with E-state index in [9.17, 15) is 4.79 Å². The number of aliphatic imine (C=N–C) groups is 1. The van der Waals surface area contributed by atoms with Gasteiger partial charge in [-0.25, -0.2) is 0 Å². The molecule has 2 unspecified atom stereocenters. The van der Waals surface area contributed by atoms with Crippen molar-refractivity contribution in [1.82, 2.24) is 20.9 Å². The van der Waals surface area contributed by atoms with Gasteiger partial charge in [-0.2, -0.15) is 0 Å². The summed E-state index contributed by atoms with van der Waals surface area (Å²) in [5.74, 6) is 1.13. The molecule has 0 radical (unpaired) electrons. The van der Waals surface area contributed by atoms with E-state index >= 15 is 0 Å². The normalized spacial score (nSPS) is 19.6. The van der Waals surface area contributed by atoms with Gasteiger partial charge in [-0.1, -0.05) is 36.4 Å². The molecule has 1 amide bonds. The maximum Gasteiger partial charge on any atom is 0.239 e. The molecule has 30 heavy (non-hydrogen) atoms. The first-order valence-corrected chi connectivity index (χ1v) is 11.0. The molecular formula is C22H32IN5OS. The van der Waals surface area contributed by atoms with Crippen molar-refractivity contribution in [2.75, 3.05) is 33.7 Å². The van der Waals surface area contributed by atoms with Gasteiger partial charge in [-0.05, 0) is 49.4 Å². The van der Waals surface area contributed by atoms with E-state index in [1.165, 1.54) is 17.7 Å². The molecule has 1 saturated heterocycles. The van der Waals surface area contributed by atoms with Crippen LogP contribution in [0.4, 0.5) is 0 Å². The van der Waals surface area contributed by atoms with Crippen LogP contribution in [0.1, 0.15) is 29.3 Å². The molecule has 1 aliphatic heterocycles. The van der Waals surface area contributed by atoms with Crippen LogP contribution in [0.2, 0.25) is 0 Å². The van der Waals surface area contributed by atoms with Crippen LogP contribution < -0.4 is 16.0 Å². The monoisotopic (exact) mass is 541 g/mol. The van der Waals surface area contributed by atoms with Gasteiger partial charge in [-0.3, -0.25) is 14.7 Å². The Balaban J connectivity index is 0.00000320. The number of halogens is 1. The molecule has 164 valence electrons. The van der Waals surface area contributed by atoms with E-state index in [2.05, 4.69) is 50.4 Å². The number of guanidine groups is 1. The van der Waals surface area contributed by atoms with Gasteiger partial charge < -0.3 is 16.0 Å². The molecule has 2 atom stereocenters. The lowest BCUT2D eigenvalue weighted by molar-refractivity contribution is -0.120. The highest BCUT2D eigenvalue weighted by atomic mass is 127. The number of nitrogens with zero attached hydrogens (tertiary/aromatic N) is 2. The number of likely N-dealkylation sites (tertiary alicyclic amines) is 1. The average Bonchev–Trinajstić information content (AvgIpc) is 3.27. The first kappa shape index (κ1) is 24.6. The van der Waals surface area contributed by atoms with E-state index in [1.54, 1.807) is 7.05 Å². The third kappa shape index (κ3) is 7.24. The fourth-order valence-electron chi connectivity index (χ4n) is 3.85. The molecule has 8 heteroatoms. The second kappa shape index (κ2) is 12.9. The zero-order valence-electron chi connectivity index (χ0n) is 17.6. The summed E-state index contributed by atoms with van der Waals surface area (Å²) in [7, 11) is 3.95. The number of rotatable bonds is 7. The van der Waals surface area contributed by atoms with Crippen molar-refractivity contribution in [3.05, 3.63) is 58.3 Å². The molecule has 1 fully saturated rings. The molecular weight excluding hydrogens is 509 g/mol. The van der Waals surface area contributed by atoms with Gasteiger partial charge in [0, 0.05) is 31.1 Å². The molecule has 6 nitrogen and oxygen atoms in total. The molecule has 1 aromatic carbocycles. The van der Waals surface area contributed by atoms with E-state index in [1.807, 2.05) is 41.7 Å². The van der Waals surface area contributed by atoms with Crippen molar-refractivity contribution in [1.29, 1.82) is 0 Å². The van der Waals surface area contributed by atoms with Crippen molar-refractivity contribution in [2.24, 2.45) is 10.9 Å². The van der Waals surface area contributed by atoms with Crippen molar-refractivity contribution in [2.45, 2.75) is 25.4 Å². The highest BCUT2D eigenvalue weighted by Crippen LogP contribution is 2.36. The number of benzene rings is 1. The van der Waals surface area contributed by atoms with E-state index < -0.39 is 0 Å². The summed E-state index contributed by atoms with van der Waals surface area (Å²) in [6.07, 6.45) is 2.40. The molecule has 2 aromatic rings. The second-order valence-electron chi connectivity index (χ2n) is 7.41. The van der Waals surface area contributed by atoms with Crippen molar-refractivity contribution in [3.63, 3.8) is 0 Å². The smallest absolute Gasteiger partial charge is 0.239 e. The fourth-order valence-corrected chi connectivity index (χ4v) is 4.84. The summed E-state index contributed by atoms with van der Waals surface area (Å²) in [6.45, 7) is 2.70. The first-order chi connectivity index (χ1) is 14.2. The first-order valence-electron chi connectivity index (χ1n) is 10.2. The fraction of sp³-hybridized carbons (Fsp3) is 0.455. The Kier molecular flexibility index (Phi) is 10.6. The summed E-state index contributed by atoms with van der Waals surface area (Å²) in [5.41, 5.74) is 1.09. The lowest BCUT2D eigenvalue weighted by atomic mass is 9.88. The highest BCUT2D eigenvalue weighted by Gasteiger charge is 2.31. The van der Waals surface area contributed by atoms with Crippen LogP contribution in [0.3, 0.4) is 0 Å². The largest absolute Gasteiger partial charge is 0.356 e. The van der Waals surface area contributed by atoms with Gasteiger partial charge in [0.05, 0.1) is 6.54 Å². The number of hydrogen-bond donors (Lipinski definition) is 3. The van der Waals surface area contributed by atoms with E-state index in [0.717, 1.165) is 18.7 Å². The van der Waals surface area contributed by atoms with Gasteiger partial charge in [0.25, 0.3) is 0 Å². The Morgan fingerprint density at radius 3 is 2.67 bits per heavy atom. The van der Waals surface area contributed by atoms with Crippen LogP contribution in [0, 0.1) is 5.92 Å². The maximum atomic E-state index is 12.1. The number of hydrogen-bond acceptors (Lipinski definition) is 4. The summed E-state index contributed by atoms with van der Waals surface area (Å²) < 4.78 is 0. The van der Waals surface area contributed by atoms with Gasteiger partial charge in [-0.15, -0.1) is 35.3 Å². The molecule has 0 saturated carbocycles. The van der Waals surface area contributed by atoms with Crippen molar-refractivity contribution < 1.29 is 4.79 Å².